The van der Waals surface area contributed by atoms with E-state index in [1.54, 1.807) is 4.90 Å². The lowest BCUT2D eigenvalue weighted by molar-refractivity contribution is -0.153. The van der Waals surface area contributed by atoms with Crippen LogP contribution in [0.15, 0.2) is 0 Å². The van der Waals surface area contributed by atoms with Crippen LogP contribution in [0.3, 0.4) is 0 Å². The summed E-state index contributed by atoms with van der Waals surface area (Å²) in [5, 5.41) is 6.94. The molecule has 4 rings (SSSR count). The molecule has 2 amide bonds. The monoisotopic (exact) mass is 490 g/mol. The second kappa shape index (κ2) is 10.0. The number of piperidine rings is 1. The lowest BCUT2D eigenvalue weighted by Gasteiger charge is -2.60. The van der Waals surface area contributed by atoms with Gasteiger partial charge in [-0.25, -0.2) is 0 Å². The van der Waals surface area contributed by atoms with Gasteiger partial charge in [-0.15, -0.1) is 0 Å². The molecule has 1 heterocycles. The van der Waals surface area contributed by atoms with Gasteiger partial charge in [-0.1, -0.05) is 20.3 Å². The summed E-state index contributed by atoms with van der Waals surface area (Å²) in [7, 11) is 4.06. The highest BCUT2D eigenvalue weighted by Crippen LogP contribution is 2.64. The number of thiocarbonyl (C=S) groups is 1. The number of amides is 2. The van der Waals surface area contributed by atoms with Gasteiger partial charge in [-0.05, 0) is 120 Å². The van der Waals surface area contributed by atoms with Crippen molar-refractivity contribution in [2.24, 2.45) is 34.5 Å². The first kappa shape index (κ1) is 25.9. The number of nitrogens with zero attached hydrogens (tertiary/aromatic N) is 2. The predicted octanol–water partition coefficient (Wildman–Crippen LogP) is 3.80. The van der Waals surface area contributed by atoms with E-state index in [4.69, 9.17) is 12.2 Å². The average Bonchev–Trinajstić information content (AvgIpc) is 3.18. The minimum absolute atomic E-state index is 0.0177. The fourth-order valence-corrected chi connectivity index (χ4v) is 8.60. The molecule has 4 aliphatic rings. The third-order valence-corrected chi connectivity index (χ3v) is 10.4. The predicted molar refractivity (Wildman–Crippen MR) is 140 cm³/mol. The van der Waals surface area contributed by atoms with E-state index in [9.17, 15) is 9.59 Å². The summed E-state index contributed by atoms with van der Waals surface area (Å²) in [4.78, 5) is 30.9. The molecule has 6 nitrogen and oxygen atoms in total. The fourth-order valence-electron chi connectivity index (χ4n) is 8.28. The van der Waals surface area contributed by atoms with Crippen LogP contribution in [0.25, 0.3) is 0 Å². The highest BCUT2D eigenvalue weighted by Gasteiger charge is 2.60. The Labute approximate surface area is 212 Å². The number of hydrogen-bond donors (Lipinski definition) is 2. The van der Waals surface area contributed by atoms with Crippen LogP contribution in [0.2, 0.25) is 0 Å². The van der Waals surface area contributed by atoms with Crippen molar-refractivity contribution in [3.05, 3.63) is 0 Å². The minimum Gasteiger partial charge on any atom is -0.362 e. The molecular weight excluding hydrogens is 444 g/mol. The number of nitrogens with one attached hydrogen (secondary N) is 2. The standard InChI is InChI=1S/C27H46N4O2S/c1-6-28-25(34)31(16-8-15-30(4)5)24(33)19-17-27(3)21-12-14-26(2)13-7-9-20(26)18(21)10-11-22(27)29-23(19)32/h18-22H,6-17H2,1-5H3,(H,28,34)(H,29,32)/t18-,19?,20-,21-,22+,26-,27+/m0/s1. The zero-order chi connectivity index (χ0) is 24.7. The molecule has 2 N–H and O–H groups in total. The molecule has 0 bridgehead atoms. The molecule has 3 aliphatic carbocycles. The van der Waals surface area contributed by atoms with E-state index < -0.39 is 5.92 Å². The Morgan fingerprint density at radius 1 is 1.12 bits per heavy atom. The lowest BCUT2D eigenvalue weighted by Crippen LogP contribution is -2.65. The number of hydrogen-bond acceptors (Lipinski definition) is 4. The maximum atomic E-state index is 13.8. The quantitative estimate of drug-likeness (QED) is 0.438. The molecule has 0 aromatic carbocycles. The maximum absolute atomic E-state index is 13.8. The number of fused-ring (bicyclic) bond motifs is 5. The van der Waals surface area contributed by atoms with Crippen molar-refractivity contribution in [1.29, 1.82) is 0 Å². The van der Waals surface area contributed by atoms with Crippen LogP contribution in [0, 0.1) is 34.5 Å². The molecular formula is C27H46N4O2S. The molecule has 7 atom stereocenters. The Morgan fingerprint density at radius 2 is 1.88 bits per heavy atom. The minimum atomic E-state index is -0.646. The van der Waals surface area contributed by atoms with Crippen LogP contribution < -0.4 is 10.6 Å². The van der Waals surface area contributed by atoms with E-state index in [-0.39, 0.29) is 23.3 Å². The summed E-state index contributed by atoms with van der Waals surface area (Å²) in [6.07, 6.45) is 10.4. The van der Waals surface area contributed by atoms with E-state index in [0.717, 1.165) is 31.2 Å². The lowest BCUT2D eigenvalue weighted by atomic mass is 9.47. The molecule has 7 heteroatoms. The van der Waals surface area contributed by atoms with Crippen molar-refractivity contribution in [3.63, 3.8) is 0 Å². The summed E-state index contributed by atoms with van der Waals surface area (Å²) in [5.41, 5.74) is 0.495. The summed E-state index contributed by atoms with van der Waals surface area (Å²) in [6.45, 7) is 8.97. The summed E-state index contributed by atoms with van der Waals surface area (Å²) in [5.74, 6) is 1.30. The van der Waals surface area contributed by atoms with E-state index >= 15 is 0 Å². The van der Waals surface area contributed by atoms with Crippen molar-refractivity contribution in [3.8, 4) is 0 Å². The molecule has 0 aromatic heterocycles. The van der Waals surface area contributed by atoms with Crippen molar-refractivity contribution >= 4 is 29.1 Å². The van der Waals surface area contributed by atoms with Gasteiger partial charge in [-0.2, -0.15) is 0 Å². The molecule has 0 spiro atoms. The van der Waals surface area contributed by atoms with Crippen LogP contribution in [-0.2, 0) is 9.59 Å². The van der Waals surface area contributed by atoms with Gasteiger partial charge < -0.3 is 15.5 Å². The van der Waals surface area contributed by atoms with Crippen LogP contribution in [0.1, 0.15) is 78.6 Å². The summed E-state index contributed by atoms with van der Waals surface area (Å²) in [6, 6.07) is 0.193. The molecule has 34 heavy (non-hydrogen) atoms. The highest BCUT2D eigenvalue weighted by molar-refractivity contribution is 7.80. The normalized spacial score (nSPS) is 39.0. The second-order valence-corrected chi connectivity index (χ2v) is 12.7. The summed E-state index contributed by atoms with van der Waals surface area (Å²) >= 11 is 5.59. The third-order valence-electron chi connectivity index (χ3n) is 10.1. The third kappa shape index (κ3) is 4.63. The molecule has 0 radical (unpaired) electrons. The molecule has 3 saturated carbocycles. The first-order valence-corrected chi connectivity index (χ1v) is 14.1. The zero-order valence-electron chi connectivity index (χ0n) is 22.0. The SMILES string of the molecule is CCNC(=S)N(CCCN(C)C)C(=O)C1C[C@@]2(C)[C@@H](CC[C@H]3[C@@H]4CCC[C@@]4(C)CC[C@@H]32)NC1=O. The smallest absolute Gasteiger partial charge is 0.241 e. The van der Waals surface area contributed by atoms with E-state index in [1.165, 1.54) is 38.5 Å². The Kier molecular flexibility index (Phi) is 7.64. The van der Waals surface area contributed by atoms with Gasteiger partial charge in [0.2, 0.25) is 11.8 Å². The molecule has 1 unspecified atom stereocenters. The van der Waals surface area contributed by atoms with Crippen molar-refractivity contribution in [2.45, 2.75) is 84.6 Å². The van der Waals surface area contributed by atoms with Crippen LogP contribution in [0.4, 0.5) is 0 Å². The number of rotatable bonds is 6. The fraction of sp³-hybridized carbons (Fsp3) is 0.889. The topological polar surface area (TPSA) is 64.7 Å². The van der Waals surface area contributed by atoms with Crippen LogP contribution in [-0.4, -0.2) is 66.5 Å². The first-order valence-electron chi connectivity index (χ1n) is 13.6. The van der Waals surface area contributed by atoms with Gasteiger partial charge in [-0.3, -0.25) is 14.5 Å². The molecule has 1 aliphatic heterocycles. The Hall–Kier alpha value is -1.21. The van der Waals surface area contributed by atoms with E-state index in [1.807, 2.05) is 21.0 Å². The van der Waals surface area contributed by atoms with Gasteiger partial charge in [0.1, 0.15) is 5.92 Å². The van der Waals surface area contributed by atoms with Crippen LogP contribution in [0.5, 0.6) is 0 Å². The largest absolute Gasteiger partial charge is 0.362 e. The van der Waals surface area contributed by atoms with Gasteiger partial charge in [0.05, 0.1) is 0 Å². The Morgan fingerprint density at radius 3 is 2.59 bits per heavy atom. The highest BCUT2D eigenvalue weighted by atomic mass is 32.1. The van der Waals surface area contributed by atoms with Gasteiger partial charge in [0.25, 0.3) is 0 Å². The van der Waals surface area contributed by atoms with Gasteiger partial charge in [0, 0.05) is 19.1 Å². The maximum Gasteiger partial charge on any atom is 0.241 e. The molecule has 192 valence electrons. The second-order valence-electron chi connectivity index (χ2n) is 12.3. The molecule has 0 aromatic rings. The Bertz CT molecular complexity index is 803. The van der Waals surface area contributed by atoms with E-state index in [2.05, 4.69) is 29.4 Å². The number of carbonyl (C=O) groups excluding carboxylic acids is 2. The summed E-state index contributed by atoms with van der Waals surface area (Å²) < 4.78 is 0. The number of carbonyl (C=O) groups is 2. The van der Waals surface area contributed by atoms with Crippen LogP contribution >= 0.6 is 12.2 Å². The van der Waals surface area contributed by atoms with E-state index in [0.29, 0.717) is 36.0 Å². The average molecular weight is 491 g/mol. The van der Waals surface area contributed by atoms with Gasteiger partial charge in [0.15, 0.2) is 5.11 Å². The Balaban J connectivity index is 1.54. The van der Waals surface area contributed by atoms with Gasteiger partial charge >= 0.3 is 0 Å². The van der Waals surface area contributed by atoms with Crippen molar-refractivity contribution in [1.82, 2.24) is 20.4 Å². The molecule has 4 fully saturated rings. The molecule has 1 saturated heterocycles. The van der Waals surface area contributed by atoms with Crippen molar-refractivity contribution < 1.29 is 9.59 Å². The zero-order valence-corrected chi connectivity index (χ0v) is 22.8. The first-order chi connectivity index (χ1) is 16.1. The van der Waals surface area contributed by atoms with Crippen molar-refractivity contribution in [2.75, 3.05) is 33.7 Å².